The monoisotopic (exact) mass is 195 g/mol. The lowest BCUT2D eigenvalue weighted by Gasteiger charge is -2.09. The van der Waals surface area contributed by atoms with Gasteiger partial charge in [-0.15, -0.1) is 0 Å². The van der Waals surface area contributed by atoms with E-state index < -0.39 is 5.97 Å². The zero-order chi connectivity index (χ0) is 10.1. The highest BCUT2D eigenvalue weighted by Crippen LogP contribution is 2.25. The van der Waals surface area contributed by atoms with Crippen molar-refractivity contribution in [3.05, 3.63) is 23.2 Å². The van der Waals surface area contributed by atoms with Gasteiger partial charge in [0.15, 0.2) is 0 Å². The lowest BCUT2D eigenvalue weighted by molar-refractivity contribution is 0.0660. The first kappa shape index (κ1) is 8.80. The normalized spacial score (nSPS) is 18.1. The highest BCUT2D eigenvalue weighted by atomic mass is 16.4. The first-order valence-corrected chi connectivity index (χ1v) is 4.29. The fourth-order valence-electron chi connectivity index (χ4n) is 1.62. The van der Waals surface area contributed by atoms with E-state index in [1.807, 2.05) is 0 Å². The predicted molar refractivity (Wildman–Crippen MR) is 46.9 cm³/mol. The molecule has 5 heteroatoms. The number of nitrogens with zero attached hydrogens (tertiary/aromatic N) is 1. The van der Waals surface area contributed by atoms with E-state index in [2.05, 4.69) is 5.16 Å². The van der Waals surface area contributed by atoms with Gasteiger partial charge in [-0.05, 0) is 12.8 Å². The van der Waals surface area contributed by atoms with E-state index in [0.29, 0.717) is 29.9 Å². The Balaban J connectivity index is 2.48. The number of hydrogen-bond acceptors (Lipinski definition) is 4. The van der Waals surface area contributed by atoms with Gasteiger partial charge in [0.05, 0.1) is 5.71 Å². The van der Waals surface area contributed by atoms with Crippen molar-refractivity contribution in [3.8, 4) is 0 Å². The summed E-state index contributed by atoms with van der Waals surface area (Å²) in [6, 6.07) is 1.41. The van der Waals surface area contributed by atoms with Crippen LogP contribution in [0, 0.1) is 0 Å². The fourth-order valence-corrected chi connectivity index (χ4v) is 1.62. The highest BCUT2D eigenvalue weighted by molar-refractivity contribution is 6.03. The Morgan fingerprint density at radius 1 is 1.50 bits per heavy atom. The van der Waals surface area contributed by atoms with E-state index in [1.54, 1.807) is 0 Å². The maximum Gasteiger partial charge on any atom is 0.371 e. The van der Waals surface area contributed by atoms with Gasteiger partial charge in [0.2, 0.25) is 5.76 Å². The molecular weight excluding hydrogens is 186 g/mol. The third kappa shape index (κ3) is 1.26. The van der Waals surface area contributed by atoms with Gasteiger partial charge >= 0.3 is 5.97 Å². The summed E-state index contributed by atoms with van der Waals surface area (Å²) in [6.07, 6.45) is 2.17. The molecule has 74 valence electrons. The Labute approximate surface area is 79.6 Å². The van der Waals surface area contributed by atoms with E-state index in [-0.39, 0.29) is 5.76 Å². The molecule has 1 aromatic heterocycles. The number of carboxylic acids is 1. The second-order valence-corrected chi connectivity index (χ2v) is 3.15. The number of oxime groups is 1. The van der Waals surface area contributed by atoms with Crippen LogP contribution >= 0.6 is 0 Å². The Morgan fingerprint density at radius 3 is 2.93 bits per heavy atom. The van der Waals surface area contributed by atoms with Crippen LogP contribution in [0.3, 0.4) is 0 Å². The van der Waals surface area contributed by atoms with Gasteiger partial charge < -0.3 is 14.7 Å². The van der Waals surface area contributed by atoms with E-state index >= 15 is 0 Å². The molecule has 1 aromatic rings. The lowest BCUT2D eigenvalue weighted by atomic mass is 9.96. The smallest absolute Gasteiger partial charge is 0.371 e. The van der Waals surface area contributed by atoms with E-state index in [9.17, 15) is 4.79 Å². The number of hydrogen-bond donors (Lipinski definition) is 2. The largest absolute Gasteiger partial charge is 0.475 e. The van der Waals surface area contributed by atoms with Crippen LogP contribution in [-0.4, -0.2) is 22.0 Å². The molecule has 5 nitrogen and oxygen atoms in total. The van der Waals surface area contributed by atoms with Crippen LogP contribution in [0.5, 0.6) is 0 Å². The molecule has 0 bridgehead atoms. The first-order chi connectivity index (χ1) is 6.72. The molecule has 0 spiro atoms. The Hall–Kier alpha value is -1.78. The molecule has 0 radical (unpaired) electrons. The van der Waals surface area contributed by atoms with Crippen LogP contribution in [0.25, 0.3) is 0 Å². The molecule has 2 N–H and O–H groups in total. The van der Waals surface area contributed by atoms with Crippen molar-refractivity contribution in [3.63, 3.8) is 0 Å². The van der Waals surface area contributed by atoms with Crippen LogP contribution in [-0.2, 0) is 6.42 Å². The number of aromatic carboxylic acids is 1. The van der Waals surface area contributed by atoms with E-state index in [0.717, 1.165) is 6.42 Å². The van der Waals surface area contributed by atoms with Gasteiger partial charge in [-0.3, -0.25) is 0 Å². The lowest BCUT2D eigenvalue weighted by Crippen LogP contribution is -2.09. The van der Waals surface area contributed by atoms with Gasteiger partial charge in [-0.1, -0.05) is 5.16 Å². The number of carbonyl (C=O) groups is 1. The minimum atomic E-state index is -1.10. The maximum atomic E-state index is 10.6. The molecule has 1 aliphatic rings. The standard InChI is InChI=1S/C9H9NO4/c11-9(12)8-4-5-6(10-13)2-1-3-7(5)14-8/h4,13H,1-3H2,(H,11,12)/b10-6-. The summed E-state index contributed by atoms with van der Waals surface area (Å²) >= 11 is 0. The molecule has 0 saturated heterocycles. The molecule has 0 amide bonds. The summed E-state index contributed by atoms with van der Waals surface area (Å²) in [6.45, 7) is 0. The molecule has 14 heavy (non-hydrogen) atoms. The van der Waals surface area contributed by atoms with Gasteiger partial charge in [0.1, 0.15) is 5.76 Å². The SMILES string of the molecule is O=C(O)c1cc2c(o1)CCC/C2=N/O. The van der Waals surface area contributed by atoms with Gasteiger partial charge in [-0.2, -0.15) is 0 Å². The Morgan fingerprint density at radius 2 is 2.29 bits per heavy atom. The molecule has 2 rings (SSSR count). The summed E-state index contributed by atoms with van der Waals surface area (Å²) in [7, 11) is 0. The summed E-state index contributed by atoms with van der Waals surface area (Å²) in [5.74, 6) is -0.601. The van der Waals surface area contributed by atoms with E-state index in [1.165, 1.54) is 6.07 Å². The van der Waals surface area contributed by atoms with Crippen LogP contribution in [0.2, 0.25) is 0 Å². The molecule has 0 aliphatic heterocycles. The Kier molecular flexibility index (Phi) is 1.99. The van der Waals surface area contributed by atoms with Gasteiger partial charge in [0, 0.05) is 18.1 Å². The average Bonchev–Trinajstić information content (AvgIpc) is 2.60. The zero-order valence-electron chi connectivity index (χ0n) is 7.36. The first-order valence-electron chi connectivity index (χ1n) is 4.29. The molecule has 0 aromatic carbocycles. The van der Waals surface area contributed by atoms with Crippen LogP contribution in [0.1, 0.15) is 34.7 Å². The quantitative estimate of drug-likeness (QED) is 0.525. The highest BCUT2D eigenvalue weighted by Gasteiger charge is 2.23. The maximum absolute atomic E-state index is 10.6. The van der Waals surface area contributed by atoms with Gasteiger partial charge in [-0.25, -0.2) is 4.79 Å². The number of furan rings is 1. The second-order valence-electron chi connectivity index (χ2n) is 3.15. The van der Waals surface area contributed by atoms with Crippen molar-refractivity contribution < 1.29 is 19.5 Å². The summed E-state index contributed by atoms with van der Waals surface area (Å²) < 4.78 is 5.11. The minimum absolute atomic E-state index is 0.0990. The molecular formula is C9H9NO4. The summed E-state index contributed by atoms with van der Waals surface area (Å²) in [5, 5.41) is 20.5. The molecule has 0 atom stereocenters. The van der Waals surface area contributed by atoms with Crippen molar-refractivity contribution in [1.82, 2.24) is 0 Å². The predicted octanol–water partition coefficient (Wildman–Crippen LogP) is 1.49. The van der Waals surface area contributed by atoms with Crippen molar-refractivity contribution in [2.75, 3.05) is 0 Å². The van der Waals surface area contributed by atoms with Crippen LogP contribution in [0.15, 0.2) is 15.6 Å². The molecule has 0 unspecified atom stereocenters. The van der Waals surface area contributed by atoms with Gasteiger partial charge in [0.25, 0.3) is 0 Å². The van der Waals surface area contributed by atoms with Crippen LogP contribution < -0.4 is 0 Å². The van der Waals surface area contributed by atoms with Crippen molar-refractivity contribution in [2.24, 2.45) is 5.16 Å². The number of fused-ring (bicyclic) bond motifs is 1. The topological polar surface area (TPSA) is 83.0 Å². The van der Waals surface area contributed by atoms with Crippen molar-refractivity contribution >= 4 is 11.7 Å². The molecule has 0 saturated carbocycles. The molecule has 1 aliphatic carbocycles. The number of rotatable bonds is 1. The third-order valence-electron chi connectivity index (χ3n) is 2.27. The molecule has 0 fully saturated rings. The summed E-state index contributed by atoms with van der Waals surface area (Å²) in [5.41, 5.74) is 1.12. The average molecular weight is 195 g/mol. The van der Waals surface area contributed by atoms with Crippen LogP contribution in [0.4, 0.5) is 0 Å². The Bertz CT molecular complexity index is 405. The van der Waals surface area contributed by atoms with Crippen molar-refractivity contribution in [1.29, 1.82) is 0 Å². The van der Waals surface area contributed by atoms with E-state index in [4.69, 9.17) is 14.7 Å². The van der Waals surface area contributed by atoms with Crippen molar-refractivity contribution in [2.45, 2.75) is 19.3 Å². The third-order valence-corrected chi connectivity index (χ3v) is 2.27. The fraction of sp³-hybridized carbons (Fsp3) is 0.333. The number of carboxylic acid groups (broad SMARTS) is 1. The summed E-state index contributed by atoms with van der Waals surface area (Å²) in [4.78, 5) is 10.6. The second kappa shape index (κ2) is 3.17. The minimum Gasteiger partial charge on any atom is -0.475 e. The molecule has 1 heterocycles. The number of aryl methyl sites for hydroxylation is 1. The zero-order valence-corrected chi connectivity index (χ0v) is 7.36.